The van der Waals surface area contributed by atoms with Crippen LogP contribution in [0.4, 0.5) is 11.4 Å². The molecular formula is C14H17N3O6. The summed E-state index contributed by atoms with van der Waals surface area (Å²) in [5.74, 6) is -1.56. The third-order valence-corrected chi connectivity index (χ3v) is 3.89. The number of hydrogen-bond donors (Lipinski definition) is 2. The second-order valence-corrected chi connectivity index (χ2v) is 5.30. The molecule has 1 aliphatic rings. The second kappa shape index (κ2) is 6.61. The van der Waals surface area contributed by atoms with Crippen molar-refractivity contribution < 1.29 is 24.4 Å². The lowest BCUT2D eigenvalue weighted by molar-refractivity contribution is -0.383. The van der Waals surface area contributed by atoms with Crippen LogP contribution in [0.2, 0.25) is 0 Å². The molecule has 1 aromatic carbocycles. The number of anilines is 1. The molecule has 0 saturated carbocycles. The molecule has 0 bridgehead atoms. The lowest BCUT2D eigenvalue weighted by atomic mass is 10.1. The van der Waals surface area contributed by atoms with Crippen LogP contribution >= 0.6 is 0 Å². The fraction of sp³-hybridized carbons (Fsp3) is 0.429. The van der Waals surface area contributed by atoms with Crippen molar-refractivity contribution >= 4 is 23.3 Å². The van der Waals surface area contributed by atoms with Crippen LogP contribution in [0.1, 0.15) is 23.2 Å². The van der Waals surface area contributed by atoms with Gasteiger partial charge in [-0.1, -0.05) is 6.07 Å². The Kier molecular flexibility index (Phi) is 4.80. The Morgan fingerprint density at radius 3 is 2.78 bits per heavy atom. The second-order valence-electron chi connectivity index (χ2n) is 5.30. The smallest absolute Gasteiger partial charge is 0.305 e. The van der Waals surface area contributed by atoms with Gasteiger partial charge in [-0.05, 0) is 12.5 Å². The number of carbonyl (C=O) groups excluding carboxylic acids is 1. The van der Waals surface area contributed by atoms with Crippen molar-refractivity contribution in [2.24, 2.45) is 0 Å². The Morgan fingerprint density at radius 1 is 1.52 bits per heavy atom. The summed E-state index contributed by atoms with van der Waals surface area (Å²) in [6, 6.07) is 3.44. The Bertz CT molecular complexity index is 647. The Labute approximate surface area is 131 Å². The highest BCUT2D eigenvalue weighted by Crippen LogP contribution is 2.30. The number of ether oxygens (including phenoxy) is 1. The van der Waals surface area contributed by atoms with E-state index in [2.05, 4.69) is 0 Å². The van der Waals surface area contributed by atoms with E-state index in [9.17, 15) is 19.7 Å². The molecule has 1 amide bonds. The van der Waals surface area contributed by atoms with Crippen LogP contribution in [0.15, 0.2) is 18.2 Å². The van der Waals surface area contributed by atoms with Crippen LogP contribution in [0.5, 0.6) is 0 Å². The highest BCUT2D eigenvalue weighted by Gasteiger charge is 2.38. The standard InChI is InChI=1S/C14H17N3O6/c1-23-9-5-8(6-12(18)19)16(7-9)14(20)10-3-2-4-11(13(10)15)17(21)22/h2-4,8-9H,5-7,15H2,1H3,(H,18,19). The Morgan fingerprint density at radius 2 is 2.22 bits per heavy atom. The van der Waals surface area contributed by atoms with Gasteiger partial charge in [-0.3, -0.25) is 19.7 Å². The summed E-state index contributed by atoms with van der Waals surface area (Å²) in [6.07, 6.45) is -0.104. The van der Waals surface area contributed by atoms with Crippen molar-refractivity contribution in [3.63, 3.8) is 0 Å². The van der Waals surface area contributed by atoms with E-state index < -0.39 is 22.8 Å². The molecular weight excluding hydrogens is 306 g/mol. The molecule has 9 nitrogen and oxygen atoms in total. The Hall–Kier alpha value is -2.68. The molecule has 1 aliphatic heterocycles. The molecule has 2 rings (SSSR count). The van der Waals surface area contributed by atoms with Gasteiger partial charge in [0, 0.05) is 25.8 Å². The first-order valence-electron chi connectivity index (χ1n) is 6.93. The molecule has 1 fully saturated rings. The predicted molar refractivity (Wildman–Crippen MR) is 80.0 cm³/mol. The van der Waals surface area contributed by atoms with E-state index in [1.54, 1.807) is 0 Å². The summed E-state index contributed by atoms with van der Waals surface area (Å²) in [5, 5.41) is 19.9. The molecule has 0 aromatic heterocycles. The van der Waals surface area contributed by atoms with Gasteiger partial charge in [0.2, 0.25) is 0 Å². The molecule has 2 atom stereocenters. The predicted octanol–water partition coefficient (Wildman–Crippen LogP) is 0.881. The molecule has 1 saturated heterocycles. The van der Waals surface area contributed by atoms with Gasteiger partial charge in [0.15, 0.2) is 0 Å². The highest BCUT2D eigenvalue weighted by molar-refractivity contribution is 6.01. The number of carboxylic acid groups (broad SMARTS) is 1. The zero-order chi connectivity index (χ0) is 17.1. The van der Waals surface area contributed by atoms with Crippen LogP contribution in [0.3, 0.4) is 0 Å². The van der Waals surface area contributed by atoms with Crippen molar-refractivity contribution in [1.82, 2.24) is 4.90 Å². The van der Waals surface area contributed by atoms with E-state index in [0.717, 1.165) is 0 Å². The number of rotatable bonds is 5. The molecule has 2 unspecified atom stereocenters. The number of nitro groups is 1. The fourth-order valence-corrected chi connectivity index (χ4v) is 2.74. The van der Waals surface area contributed by atoms with E-state index >= 15 is 0 Å². The molecule has 0 spiro atoms. The molecule has 124 valence electrons. The average Bonchev–Trinajstić information content (AvgIpc) is 2.88. The lowest BCUT2D eigenvalue weighted by Gasteiger charge is -2.23. The van der Waals surface area contributed by atoms with E-state index in [1.807, 2.05) is 0 Å². The number of benzene rings is 1. The van der Waals surface area contributed by atoms with Crippen LogP contribution < -0.4 is 5.73 Å². The SMILES string of the molecule is COC1CC(CC(=O)O)N(C(=O)c2cccc([N+](=O)[O-])c2N)C1. The summed E-state index contributed by atoms with van der Waals surface area (Å²) in [6.45, 7) is 0.218. The highest BCUT2D eigenvalue weighted by atomic mass is 16.6. The van der Waals surface area contributed by atoms with Crippen molar-refractivity contribution in [3.05, 3.63) is 33.9 Å². The summed E-state index contributed by atoms with van der Waals surface area (Å²) >= 11 is 0. The third-order valence-electron chi connectivity index (χ3n) is 3.89. The Balaban J connectivity index is 2.33. The van der Waals surface area contributed by atoms with Crippen molar-refractivity contribution in [2.75, 3.05) is 19.4 Å². The minimum absolute atomic E-state index is 0.00802. The number of carboxylic acids is 1. The topological polar surface area (TPSA) is 136 Å². The number of nitrogen functional groups attached to an aromatic ring is 1. The van der Waals surface area contributed by atoms with Gasteiger partial charge in [0.25, 0.3) is 11.6 Å². The number of nitrogens with two attached hydrogens (primary N) is 1. The summed E-state index contributed by atoms with van der Waals surface area (Å²) < 4.78 is 5.21. The number of para-hydroxylation sites is 1. The molecule has 1 aromatic rings. The lowest BCUT2D eigenvalue weighted by Crippen LogP contribution is -2.37. The third kappa shape index (κ3) is 3.39. The number of nitrogens with zero attached hydrogens (tertiary/aromatic N) is 2. The van der Waals surface area contributed by atoms with Gasteiger partial charge in [0.05, 0.1) is 23.0 Å². The van der Waals surface area contributed by atoms with Gasteiger partial charge in [0.1, 0.15) is 5.69 Å². The zero-order valence-electron chi connectivity index (χ0n) is 12.5. The van der Waals surface area contributed by atoms with Crippen LogP contribution in [-0.4, -0.2) is 52.6 Å². The zero-order valence-corrected chi connectivity index (χ0v) is 12.5. The number of likely N-dealkylation sites (tertiary alicyclic amines) is 1. The fourth-order valence-electron chi connectivity index (χ4n) is 2.74. The van der Waals surface area contributed by atoms with E-state index in [1.165, 1.54) is 30.2 Å². The van der Waals surface area contributed by atoms with E-state index in [-0.39, 0.29) is 36.0 Å². The number of amides is 1. The summed E-state index contributed by atoms with van der Waals surface area (Å²) in [5.41, 5.74) is 5.14. The normalized spacial score (nSPS) is 20.5. The number of carbonyl (C=O) groups is 2. The average molecular weight is 323 g/mol. The van der Waals surface area contributed by atoms with Gasteiger partial charge >= 0.3 is 5.97 Å². The summed E-state index contributed by atoms with van der Waals surface area (Å²) in [7, 11) is 1.48. The van der Waals surface area contributed by atoms with E-state index in [4.69, 9.17) is 15.6 Å². The quantitative estimate of drug-likeness (QED) is 0.466. The first-order valence-corrected chi connectivity index (χ1v) is 6.93. The van der Waals surface area contributed by atoms with Crippen molar-refractivity contribution in [1.29, 1.82) is 0 Å². The maximum atomic E-state index is 12.7. The maximum absolute atomic E-state index is 12.7. The maximum Gasteiger partial charge on any atom is 0.305 e. The molecule has 1 heterocycles. The van der Waals surface area contributed by atoms with Gasteiger partial charge in [-0.2, -0.15) is 0 Å². The first-order chi connectivity index (χ1) is 10.8. The van der Waals surface area contributed by atoms with Crippen LogP contribution in [0.25, 0.3) is 0 Å². The molecule has 23 heavy (non-hydrogen) atoms. The van der Waals surface area contributed by atoms with Crippen molar-refractivity contribution in [3.8, 4) is 0 Å². The molecule has 0 aliphatic carbocycles. The van der Waals surface area contributed by atoms with Crippen molar-refractivity contribution in [2.45, 2.75) is 25.0 Å². The number of nitro benzene ring substituents is 1. The minimum Gasteiger partial charge on any atom is -0.481 e. The largest absolute Gasteiger partial charge is 0.481 e. The van der Waals surface area contributed by atoms with Crippen LogP contribution in [0, 0.1) is 10.1 Å². The first kappa shape index (κ1) is 16.7. The summed E-state index contributed by atoms with van der Waals surface area (Å²) in [4.78, 5) is 35.3. The molecule has 9 heteroatoms. The molecule has 0 radical (unpaired) electrons. The van der Waals surface area contributed by atoms with Gasteiger partial charge in [-0.25, -0.2) is 0 Å². The van der Waals surface area contributed by atoms with Gasteiger partial charge < -0.3 is 20.5 Å². The molecule has 3 N–H and O–H groups in total. The van der Waals surface area contributed by atoms with Gasteiger partial charge in [-0.15, -0.1) is 0 Å². The monoisotopic (exact) mass is 323 g/mol. The number of hydrogen-bond acceptors (Lipinski definition) is 6. The minimum atomic E-state index is -1.03. The number of aliphatic carboxylic acids is 1. The van der Waals surface area contributed by atoms with E-state index in [0.29, 0.717) is 6.42 Å². The van der Waals surface area contributed by atoms with Crippen LogP contribution in [-0.2, 0) is 9.53 Å². The number of methoxy groups -OCH3 is 1.